The van der Waals surface area contributed by atoms with E-state index in [1.54, 1.807) is 0 Å². The maximum Gasteiger partial charge on any atom is 0.188 e. The number of hydrogen-bond acceptors (Lipinski definition) is 3. The molecule has 1 heterocycles. The van der Waals surface area contributed by atoms with Crippen LogP contribution in [0.4, 0.5) is 8.78 Å². The van der Waals surface area contributed by atoms with Gasteiger partial charge in [0.25, 0.3) is 0 Å². The van der Waals surface area contributed by atoms with Gasteiger partial charge in [-0.2, -0.15) is 0 Å². The van der Waals surface area contributed by atoms with Gasteiger partial charge in [0.15, 0.2) is 5.96 Å². The molecule has 2 rings (SSSR count). The predicted octanol–water partition coefficient (Wildman–Crippen LogP) is 1.75. The Kier molecular flexibility index (Phi) is 10.1. The molecule has 0 aromatic heterocycles. The molecule has 24 heavy (non-hydrogen) atoms. The van der Waals surface area contributed by atoms with Gasteiger partial charge >= 0.3 is 0 Å². The minimum absolute atomic E-state index is 0. The molecule has 0 bridgehead atoms. The zero-order valence-corrected chi connectivity index (χ0v) is 16.0. The standard InChI is InChI=1S/C16H24F2N4O.HI/c17-14-3-2-13(15(18)12-14)4-6-21-16(19)20-5-1-7-22-8-10-23-11-9-22;/h2-3,12H,1,4-11H2,(H3,19,20,21);1H. The number of aliphatic imine (C=N–C) groups is 1. The maximum atomic E-state index is 13.5. The van der Waals surface area contributed by atoms with Gasteiger partial charge in [0.1, 0.15) is 11.6 Å². The second-order valence-corrected chi connectivity index (χ2v) is 5.49. The number of hydrogen-bond donors (Lipinski definition) is 2. The van der Waals surface area contributed by atoms with Gasteiger partial charge in [-0.3, -0.25) is 9.89 Å². The van der Waals surface area contributed by atoms with Crippen molar-refractivity contribution in [3.05, 3.63) is 35.4 Å². The Morgan fingerprint density at radius 1 is 1.29 bits per heavy atom. The van der Waals surface area contributed by atoms with E-state index < -0.39 is 11.6 Å². The third-order valence-corrected chi connectivity index (χ3v) is 3.73. The topological polar surface area (TPSA) is 62.9 Å². The van der Waals surface area contributed by atoms with Crippen molar-refractivity contribution in [3.63, 3.8) is 0 Å². The molecule has 1 saturated heterocycles. The van der Waals surface area contributed by atoms with Crippen molar-refractivity contribution in [2.24, 2.45) is 10.7 Å². The Morgan fingerprint density at radius 2 is 2.04 bits per heavy atom. The van der Waals surface area contributed by atoms with Crippen LogP contribution in [0.3, 0.4) is 0 Å². The lowest BCUT2D eigenvalue weighted by Crippen LogP contribution is -2.37. The molecule has 8 heteroatoms. The Bertz CT molecular complexity index is 525. The molecule has 1 aliphatic heterocycles. The van der Waals surface area contributed by atoms with Crippen LogP contribution in [-0.2, 0) is 11.2 Å². The van der Waals surface area contributed by atoms with Crippen LogP contribution in [0, 0.1) is 11.6 Å². The highest BCUT2D eigenvalue weighted by Gasteiger charge is 2.09. The second-order valence-electron chi connectivity index (χ2n) is 5.49. The highest BCUT2D eigenvalue weighted by Crippen LogP contribution is 2.09. The minimum Gasteiger partial charge on any atom is -0.379 e. The summed E-state index contributed by atoms with van der Waals surface area (Å²) >= 11 is 0. The zero-order valence-electron chi connectivity index (χ0n) is 13.6. The van der Waals surface area contributed by atoms with E-state index >= 15 is 0 Å². The van der Waals surface area contributed by atoms with Crippen LogP contribution in [0.1, 0.15) is 12.0 Å². The summed E-state index contributed by atoms with van der Waals surface area (Å²) in [7, 11) is 0. The van der Waals surface area contributed by atoms with Gasteiger partial charge in [-0.05, 0) is 24.5 Å². The molecule has 0 saturated carbocycles. The molecule has 3 N–H and O–H groups in total. The van der Waals surface area contributed by atoms with E-state index in [-0.39, 0.29) is 24.0 Å². The summed E-state index contributed by atoms with van der Waals surface area (Å²) in [5.41, 5.74) is 6.23. The molecule has 1 fully saturated rings. The van der Waals surface area contributed by atoms with Crippen molar-refractivity contribution in [3.8, 4) is 0 Å². The van der Waals surface area contributed by atoms with E-state index in [9.17, 15) is 8.78 Å². The fourth-order valence-electron chi connectivity index (χ4n) is 2.42. The number of nitrogens with zero attached hydrogens (tertiary/aromatic N) is 2. The average molecular weight is 454 g/mol. The van der Waals surface area contributed by atoms with Crippen molar-refractivity contribution in [1.82, 2.24) is 10.2 Å². The van der Waals surface area contributed by atoms with E-state index in [4.69, 9.17) is 10.5 Å². The molecule has 0 radical (unpaired) electrons. The molecule has 1 aromatic carbocycles. The number of halogens is 3. The van der Waals surface area contributed by atoms with Gasteiger partial charge in [-0.1, -0.05) is 6.07 Å². The second kappa shape index (κ2) is 11.5. The quantitative estimate of drug-likeness (QED) is 0.285. The molecule has 0 unspecified atom stereocenters. The summed E-state index contributed by atoms with van der Waals surface area (Å²) in [5, 5.41) is 2.95. The van der Waals surface area contributed by atoms with E-state index in [0.29, 0.717) is 31.0 Å². The van der Waals surface area contributed by atoms with E-state index in [1.807, 2.05) is 0 Å². The molecular weight excluding hydrogens is 429 g/mol. The third-order valence-electron chi connectivity index (χ3n) is 3.73. The van der Waals surface area contributed by atoms with Crippen LogP contribution in [-0.4, -0.2) is 56.8 Å². The summed E-state index contributed by atoms with van der Waals surface area (Å²) in [5.74, 6) is -0.747. The molecule has 136 valence electrons. The van der Waals surface area contributed by atoms with Gasteiger partial charge < -0.3 is 15.8 Å². The van der Waals surface area contributed by atoms with E-state index in [1.165, 1.54) is 12.1 Å². The normalized spacial score (nSPS) is 15.8. The van der Waals surface area contributed by atoms with Crippen LogP contribution in [0.5, 0.6) is 0 Å². The Balaban J connectivity index is 0.00000288. The Morgan fingerprint density at radius 3 is 2.75 bits per heavy atom. The fraction of sp³-hybridized carbons (Fsp3) is 0.562. The monoisotopic (exact) mass is 454 g/mol. The van der Waals surface area contributed by atoms with Crippen LogP contribution in [0.15, 0.2) is 23.2 Å². The molecule has 0 aliphatic carbocycles. The van der Waals surface area contributed by atoms with Crippen LogP contribution in [0.2, 0.25) is 0 Å². The Labute approximate surface area is 158 Å². The molecular formula is C16H25F2IN4O. The lowest BCUT2D eigenvalue weighted by Gasteiger charge is -2.26. The van der Waals surface area contributed by atoms with Gasteiger partial charge in [-0.25, -0.2) is 8.78 Å². The lowest BCUT2D eigenvalue weighted by atomic mass is 10.1. The maximum absolute atomic E-state index is 13.5. The van der Waals surface area contributed by atoms with Gasteiger partial charge in [-0.15, -0.1) is 24.0 Å². The van der Waals surface area contributed by atoms with Crippen molar-refractivity contribution in [2.75, 3.05) is 45.9 Å². The highest BCUT2D eigenvalue weighted by molar-refractivity contribution is 14.0. The van der Waals surface area contributed by atoms with Crippen molar-refractivity contribution in [2.45, 2.75) is 12.8 Å². The predicted molar refractivity (Wildman–Crippen MR) is 102 cm³/mol. The molecule has 1 aromatic rings. The molecule has 1 aliphatic rings. The molecule has 0 amide bonds. The van der Waals surface area contributed by atoms with Gasteiger partial charge in [0.05, 0.1) is 13.2 Å². The molecule has 5 nitrogen and oxygen atoms in total. The number of benzene rings is 1. The highest BCUT2D eigenvalue weighted by atomic mass is 127. The molecule has 0 atom stereocenters. The van der Waals surface area contributed by atoms with Crippen molar-refractivity contribution < 1.29 is 13.5 Å². The number of nitrogens with one attached hydrogen (secondary N) is 1. The van der Waals surface area contributed by atoms with Crippen LogP contribution in [0.25, 0.3) is 0 Å². The first-order chi connectivity index (χ1) is 11.1. The summed E-state index contributed by atoms with van der Waals surface area (Å²) in [6, 6.07) is 3.59. The first kappa shape index (κ1) is 21.0. The minimum atomic E-state index is -0.569. The van der Waals surface area contributed by atoms with E-state index in [0.717, 1.165) is 45.3 Å². The first-order valence-corrected chi connectivity index (χ1v) is 7.93. The summed E-state index contributed by atoms with van der Waals surface area (Å²) in [4.78, 5) is 6.60. The lowest BCUT2D eigenvalue weighted by molar-refractivity contribution is 0.0377. The third kappa shape index (κ3) is 7.71. The zero-order chi connectivity index (χ0) is 16.5. The fourth-order valence-corrected chi connectivity index (χ4v) is 2.42. The SMILES string of the molecule is I.NC(=NCCCN1CCOCC1)NCCc1ccc(F)cc1F. The number of morpholine rings is 1. The van der Waals surface area contributed by atoms with Crippen LogP contribution >= 0.6 is 24.0 Å². The first-order valence-electron chi connectivity index (χ1n) is 7.93. The number of guanidine groups is 1. The summed E-state index contributed by atoms with van der Waals surface area (Å²) in [6.45, 7) is 5.64. The number of nitrogens with two attached hydrogens (primary N) is 1. The summed E-state index contributed by atoms with van der Waals surface area (Å²) in [6.07, 6.45) is 1.37. The van der Waals surface area contributed by atoms with E-state index in [2.05, 4.69) is 15.2 Å². The largest absolute Gasteiger partial charge is 0.379 e. The smallest absolute Gasteiger partial charge is 0.188 e. The summed E-state index contributed by atoms with van der Waals surface area (Å²) < 4.78 is 31.6. The van der Waals surface area contributed by atoms with Crippen molar-refractivity contribution in [1.29, 1.82) is 0 Å². The van der Waals surface area contributed by atoms with Gasteiger partial charge in [0.2, 0.25) is 0 Å². The Hall–Kier alpha value is -1.00. The number of rotatable bonds is 7. The van der Waals surface area contributed by atoms with Crippen LogP contribution < -0.4 is 11.1 Å². The van der Waals surface area contributed by atoms with Crippen molar-refractivity contribution >= 4 is 29.9 Å². The van der Waals surface area contributed by atoms with Gasteiger partial charge in [0, 0.05) is 38.8 Å². The molecule has 0 spiro atoms. The number of ether oxygens (including phenoxy) is 1. The average Bonchev–Trinajstić information content (AvgIpc) is 2.55.